The van der Waals surface area contributed by atoms with E-state index in [9.17, 15) is 12.8 Å². The van der Waals surface area contributed by atoms with Crippen LogP contribution in [0.25, 0.3) is 0 Å². The Morgan fingerprint density at radius 2 is 1.97 bits per heavy atom. The predicted molar refractivity (Wildman–Crippen MR) is 122 cm³/mol. The van der Waals surface area contributed by atoms with Crippen LogP contribution >= 0.6 is 0 Å². The Bertz CT molecular complexity index is 987. The van der Waals surface area contributed by atoms with Gasteiger partial charge >= 0.3 is 0 Å². The van der Waals surface area contributed by atoms with Gasteiger partial charge in [0.25, 0.3) is 0 Å². The Kier molecular flexibility index (Phi) is 7.84. The van der Waals surface area contributed by atoms with Gasteiger partial charge in [-0.3, -0.25) is 4.99 Å². The van der Waals surface area contributed by atoms with Crippen LogP contribution in [-0.4, -0.2) is 57.3 Å². The number of aryl methyl sites for hydroxylation is 1. The lowest BCUT2D eigenvalue weighted by Crippen LogP contribution is -2.49. The molecule has 0 unspecified atom stereocenters. The number of halogens is 1. The number of aromatic nitrogens is 1. The largest absolute Gasteiger partial charge is 0.357 e. The second kappa shape index (κ2) is 10.6. The number of benzene rings is 1. The van der Waals surface area contributed by atoms with E-state index in [2.05, 4.69) is 31.6 Å². The van der Waals surface area contributed by atoms with Gasteiger partial charge in [-0.2, -0.15) is 0 Å². The minimum atomic E-state index is -3.73. The van der Waals surface area contributed by atoms with Crippen molar-refractivity contribution < 1.29 is 12.8 Å². The van der Waals surface area contributed by atoms with Crippen LogP contribution in [0, 0.1) is 12.7 Å². The van der Waals surface area contributed by atoms with Crippen molar-refractivity contribution >= 4 is 21.6 Å². The lowest BCUT2D eigenvalue weighted by Gasteiger charge is -2.33. The Balaban J connectivity index is 1.54. The standard InChI is InChI=1S/C22H30FN5O2S/c1-3-24-22(25-12-15-31(29,30)20-7-5-4-6-19(20)23)27-18-10-13-28(14-11-18)21-9-8-17(2)16-26-21/h4-9,16,18H,3,10-15H2,1-2H3,(H2,24,25,27). The zero-order chi connectivity index (χ0) is 22.3. The van der Waals surface area contributed by atoms with E-state index in [4.69, 9.17) is 0 Å². The molecular weight excluding hydrogens is 417 g/mol. The van der Waals surface area contributed by atoms with Gasteiger partial charge in [0.2, 0.25) is 0 Å². The summed E-state index contributed by atoms with van der Waals surface area (Å²) in [6.07, 6.45) is 3.73. The minimum Gasteiger partial charge on any atom is -0.357 e. The number of pyridine rings is 1. The smallest absolute Gasteiger partial charge is 0.191 e. The fourth-order valence-corrected chi connectivity index (χ4v) is 4.70. The normalized spacial score (nSPS) is 15.7. The average Bonchev–Trinajstić information content (AvgIpc) is 2.75. The van der Waals surface area contributed by atoms with Gasteiger partial charge in [0.1, 0.15) is 16.5 Å². The molecule has 0 aliphatic carbocycles. The van der Waals surface area contributed by atoms with Crippen LogP contribution in [0.2, 0.25) is 0 Å². The second-order valence-electron chi connectivity index (χ2n) is 7.61. The summed E-state index contributed by atoms with van der Waals surface area (Å²) in [6.45, 7) is 6.47. The molecule has 9 heteroatoms. The van der Waals surface area contributed by atoms with Gasteiger partial charge in [-0.05, 0) is 50.5 Å². The van der Waals surface area contributed by atoms with E-state index in [0.717, 1.165) is 43.4 Å². The molecule has 31 heavy (non-hydrogen) atoms. The number of nitrogens with zero attached hydrogens (tertiary/aromatic N) is 3. The molecule has 1 aliphatic heterocycles. The number of guanidine groups is 1. The fourth-order valence-electron chi connectivity index (χ4n) is 3.50. The van der Waals surface area contributed by atoms with Crippen LogP contribution in [0.4, 0.5) is 10.2 Å². The molecule has 2 aromatic rings. The highest BCUT2D eigenvalue weighted by Gasteiger charge is 2.21. The molecule has 7 nitrogen and oxygen atoms in total. The number of nitrogens with one attached hydrogen (secondary N) is 2. The van der Waals surface area contributed by atoms with E-state index >= 15 is 0 Å². The van der Waals surface area contributed by atoms with Crippen LogP contribution < -0.4 is 15.5 Å². The first kappa shape index (κ1) is 23.0. The highest BCUT2D eigenvalue weighted by atomic mass is 32.2. The summed E-state index contributed by atoms with van der Waals surface area (Å²) in [4.78, 5) is 10.9. The maximum atomic E-state index is 13.8. The van der Waals surface area contributed by atoms with Crippen molar-refractivity contribution in [2.24, 2.45) is 4.99 Å². The molecular formula is C22H30FN5O2S. The van der Waals surface area contributed by atoms with Gasteiger partial charge < -0.3 is 15.5 Å². The summed E-state index contributed by atoms with van der Waals surface area (Å²) < 4.78 is 38.7. The number of sulfone groups is 1. The molecule has 0 atom stereocenters. The molecule has 3 rings (SSSR count). The summed E-state index contributed by atoms with van der Waals surface area (Å²) >= 11 is 0. The van der Waals surface area contributed by atoms with Gasteiger partial charge in [-0.15, -0.1) is 0 Å². The Morgan fingerprint density at radius 1 is 1.23 bits per heavy atom. The van der Waals surface area contributed by atoms with Crippen LogP contribution in [0.3, 0.4) is 0 Å². The van der Waals surface area contributed by atoms with E-state index < -0.39 is 15.7 Å². The lowest BCUT2D eigenvalue weighted by molar-refractivity contribution is 0.459. The molecule has 168 valence electrons. The molecule has 0 radical (unpaired) electrons. The molecule has 1 fully saturated rings. The topological polar surface area (TPSA) is 86.7 Å². The molecule has 1 saturated heterocycles. The molecule has 0 spiro atoms. The molecule has 2 N–H and O–H groups in total. The third-order valence-electron chi connectivity index (χ3n) is 5.20. The maximum absolute atomic E-state index is 13.8. The number of piperidine rings is 1. The summed E-state index contributed by atoms with van der Waals surface area (Å²) in [7, 11) is -3.73. The first-order valence-electron chi connectivity index (χ1n) is 10.6. The Morgan fingerprint density at radius 3 is 2.61 bits per heavy atom. The minimum absolute atomic E-state index is 0.0537. The molecule has 0 amide bonds. The van der Waals surface area contributed by atoms with Crippen LogP contribution in [0.15, 0.2) is 52.5 Å². The molecule has 0 bridgehead atoms. The van der Waals surface area contributed by atoms with Crippen LogP contribution in [0.1, 0.15) is 25.3 Å². The number of hydrogen-bond acceptors (Lipinski definition) is 5. The zero-order valence-electron chi connectivity index (χ0n) is 18.0. The van der Waals surface area contributed by atoms with E-state index in [1.165, 1.54) is 18.2 Å². The van der Waals surface area contributed by atoms with Gasteiger partial charge in [0, 0.05) is 31.9 Å². The number of aliphatic imine (C=N–C) groups is 1. The zero-order valence-corrected chi connectivity index (χ0v) is 18.8. The molecule has 1 aromatic carbocycles. The molecule has 2 heterocycles. The second-order valence-corrected chi connectivity index (χ2v) is 9.69. The van der Waals surface area contributed by atoms with Crippen molar-refractivity contribution in [1.82, 2.24) is 15.6 Å². The summed E-state index contributed by atoms with van der Waals surface area (Å²) in [6, 6.07) is 9.78. The first-order valence-corrected chi connectivity index (χ1v) is 12.2. The monoisotopic (exact) mass is 447 g/mol. The van der Waals surface area contributed by atoms with Crippen LogP contribution in [0.5, 0.6) is 0 Å². The predicted octanol–water partition coefficient (Wildman–Crippen LogP) is 2.53. The molecule has 1 aromatic heterocycles. The van der Waals surface area contributed by atoms with Crippen molar-refractivity contribution in [2.75, 3.05) is 36.8 Å². The number of rotatable bonds is 7. The first-order chi connectivity index (χ1) is 14.9. The van der Waals surface area contributed by atoms with Gasteiger partial charge in [0.15, 0.2) is 15.8 Å². The van der Waals surface area contributed by atoms with Crippen molar-refractivity contribution in [3.63, 3.8) is 0 Å². The SMILES string of the molecule is CCNC(=NCCS(=O)(=O)c1ccccc1F)NC1CCN(c2ccc(C)cn2)CC1. The number of anilines is 1. The quantitative estimate of drug-likeness (QED) is 0.501. The highest BCUT2D eigenvalue weighted by molar-refractivity contribution is 7.91. The third-order valence-corrected chi connectivity index (χ3v) is 6.92. The highest BCUT2D eigenvalue weighted by Crippen LogP contribution is 2.18. The maximum Gasteiger partial charge on any atom is 0.191 e. The summed E-state index contributed by atoms with van der Waals surface area (Å²) in [5.74, 6) is 0.592. The number of hydrogen-bond donors (Lipinski definition) is 2. The van der Waals surface area contributed by atoms with Gasteiger partial charge in [-0.25, -0.2) is 17.8 Å². The Labute approximate surface area is 183 Å². The van der Waals surface area contributed by atoms with Crippen molar-refractivity contribution in [2.45, 2.75) is 37.6 Å². The van der Waals surface area contributed by atoms with E-state index in [-0.39, 0.29) is 23.2 Å². The molecule has 0 saturated carbocycles. The molecule has 1 aliphatic rings. The van der Waals surface area contributed by atoms with Gasteiger partial charge in [-0.1, -0.05) is 18.2 Å². The Hall–Kier alpha value is -2.68. The summed E-state index contributed by atoms with van der Waals surface area (Å²) in [5.41, 5.74) is 1.14. The van der Waals surface area contributed by atoms with Crippen LogP contribution in [-0.2, 0) is 9.84 Å². The van der Waals surface area contributed by atoms with Crippen molar-refractivity contribution in [3.8, 4) is 0 Å². The fraction of sp³-hybridized carbons (Fsp3) is 0.455. The summed E-state index contributed by atoms with van der Waals surface area (Å²) in [5, 5.41) is 6.56. The average molecular weight is 448 g/mol. The van der Waals surface area contributed by atoms with E-state index in [1.54, 1.807) is 0 Å². The third kappa shape index (κ3) is 6.40. The van der Waals surface area contributed by atoms with Gasteiger partial charge in [0.05, 0.1) is 12.3 Å². The van der Waals surface area contributed by atoms with E-state index in [0.29, 0.717) is 12.5 Å². The van der Waals surface area contributed by atoms with Crippen molar-refractivity contribution in [1.29, 1.82) is 0 Å². The lowest BCUT2D eigenvalue weighted by atomic mass is 10.1. The van der Waals surface area contributed by atoms with Crippen molar-refractivity contribution in [3.05, 3.63) is 54.0 Å². The van der Waals surface area contributed by atoms with E-state index in [1.807, 2.05) is 26.1 Å².